The Morgan fingerprint density at radius 3 is 2.38 bits per heavy atom. The summed E-state index contributed by atoms with van der Waals surface area (Å²) in [6, 6.07) is 10.2. The molecule has 24 heavy (non-hydrogen) atoms. The second-order valence-electron chi connectivity index (χ2n) is 6.24. The molecule has 0 aromatic carbocycles. The van der Waals surface area contributed by atoms with Crippen molar-refractivity contribution in [2.45, 2.75) is 20.4 Å². The number of rotatable bonds is 4. The van der Waals surface area contributed by atoms with Crippen molar-refractivity contribution >= 4 is 23.1 Å². The van der Waals surface area contributed by atoms with Gasteiger partial charge in [0, 0.05) is 56.9 Å². The van der Waals surface area contributed by atoms with Gasteiger partial charge in [0.25, 0.3) is 0 Å². The maximum atomic E-state index is 5.51. The SMILES string of the molecule is Cc1ccc(C)n1CCN1CCN(C(=S)Nc2ccccn2)CC1. The standard InChI is InChI=1S/C18H25N5S/c1-15-6-7-16(2)23(15)14-11-21-9-12-22(13-10-21)18(24)20-17-5-3-4-8-19-17/h3-8H,9-14H2,1-2H3,(H,19,20,24). The van der Waals surface area contributed by atoms with Crippen molar-refractivity contribution in [2.75, 3.05) is 38.0 Å². The summed E-state index contributed by atoms with van der Waals surface area (Å²) >= 11 is 5.51. The summed E-state index contributed by atoms with van der Waals surface area (Å²) < 4.78 is 2.39. The molecule has 3 rings (SSSR count). The summed E-state index contributed by atoms with van der Waals surface area (Å²) in [5, 5.41) is 3.99. The van der Waals surface area contributed by atoms with Gasteiger partial charge in [0.05, 0.1) is 0 Å². The average Bonchev–Trinajstić information content (AvgIpc) is 2.92. The van der Waals surface area contributed by atoms with E-state index in [1.807, 2.05) is 18.2 Å². The molecule has 1 aliphatic heterocycles. The van der Waals surface area contributed by atoms with Gasteiger partial charge in [-0.2, -0.15) is 0 Å². The molecule has 0 spiro atoms. The Morgan fingerprint density at radius 1 is 1.04 bits per heavy atom. The van der Waals surface area contributed by atoms with E-state index in [2.05, 4.69) is 50.6 Å². The van der Waals surface area contributed by atoms with Crippen LogP contribution >= 0.6 is 12.2 Å². The van der Waals surface area contributed by atoms with Crippen molar-refractivity contribution in [1.29, 1.82) is 0 Å². The smallest absolute Gasteiger partial charge is 0.174 e. The first-order valence-corrected chi connectivity index (χ1v) is 8.86. The van der Waals surface area contributed by atoms with Gasteiger partial charge in [0.2, 0.25) is 0 Å². The van der Waals surface area contributed by atoms with E-state index in [0.29, 0.717) is 0 Å². The summed E-state index contributed by atoms with van der Waals surface area (Å²) in [7, 11) is 0. The van der Waals surface area contributed by atoms with Crippen LogP contribution in [0.2, 0.25) is 0 Å². The normalized spacial score (nSPS) is 15.5. The highest BCUT2D eigenvalue weighted by molar-refractivity contribution is 7.80. The number of nitrogens with zero attached hydrogens (tertiary/aromatic N) is 4. The number of pyridine rings is 1. The van der Waals surface area contributed by atoms with E-state index in [4.69, 9.17) is 12.2 Å². The molecule has 0 aliphatic carbocycles. The molecule has 0 amide bonds. The van der Waals surface area contributed by atoms with Gasteiger partial charge in [-0.25, -0.2) is 4.98 Å². The Hall–Kier alpha value is -1.92. The number of thiocarbonyl (C=S) groups is 1. The van der Waals surface area contributed by atoms with Gasteiger partial charge in [-0.3, -0.25) is 4.90 Å². The van der Waals surface area contributed by atoms with Gasteiger partial charge in [-0.05, 0) is 50.3 Å². The van der Waals surface area contributed by atoms with Crippen LogP contribution in [-0.4, -0.2) is 57.2 Å². The summed E-state index contributed by atoms with van der Waals surface area (Å²) in [6.45, 7) is 10.5. The third-order valence-electron chi connectivity index (χ3n) is 4.62. The van der Waals surface area contributed by atoms with Crippen LogP contribution in [0, 0.1) is 13.8 Å². The number of anilines is 1. The van der Waals surface area contributed by atoms with Crippen LogP contribution in [0.4, 0.5) is 5.82 Å². The molecule has 2 aromatic heterocycles. The summed E-state index contributed by atoms with van der Waals surface area (Å²) in [6.07, 6.45) is 1.77. The van der Waals surface area contributed by atoms with Crippen LogP contribution < -0.4 is 5.32 Å². The number of hydrogen-bond acceptors (Lipinski definition) is 3. The fourth-order valence-electron chi connectivity index (χ4n) is 3.09. The van der Waals surface area contributed by atoms with Crippen molar-refractivity contribution in [1.82, 2.24) is 19.4 Å². The molecule has 6 heteroatoms. The van der Waals surface area contributed by atoms with E-state index < -0.39 is 0 Å². The monoisotopic (exact) mass is 343 g/mol. The molecule has 1 N–H and O–H groups in total. The van der Waals surface area contributed by atoms with E-state index >= 15 is 0 Å². The van der Waals surface area contributed by atoms with E-state index in [-0.39, 0.29) is 0 Å². The molecule has 0 atom stereocenters. The molecule has 0 bridgehead atoms. The molecule has 0 radical (unpaired) electrons. The molecule has 1 fully saturated rings. The Kier molecular flexibility index (Phi) is 5.48. The largest absolute Gasteiger partial charge is 0.348 e. The highest BCUT2D eigenvalue weighted by Gasteiger charge is 2.19. The maximum Gasteiger partial charge on any atom is 0.174 e. The minimum absolute atomic E-state index is 0.769. The molecule has 128 valence electrons. The quantitative estimate of drug-likeness (QED) is 0.863. The summed E-state index contributed by atoms with van der Waals surface area (Å²) in [5.41, 5.74) is 2.68. The number of aryl methyl sites for hydroxylation is 2. The highest BCUT2D eigenvalue weighted by Crippen LogP contribution is 2.10. The average molecular weight is 344 g/mol. The van der Waals surface area contributed by atoms with Crippen LogP contribution in [0.3, 0.4) is 0 Å². The van der Waals surface area contributed by atoms with Gasteiger partial charge in [0.15, 0.2) is 5.11 Å². The molecule has 0 unspecified atom stereocenters. The van der Waals surface area contributed by atoms with Crippen LogP contribution in [0.15, 0.2) is 36.5 Å². The van der Waals surface area contributed by atoms with Crippen molar-refractivity contribution < 1.29 is 0 Å². The van der Waals surface area contributed by atoms with Crippen molar-refractivity contribution in [2.24, 2.45) is 0 Å². The van der Waals surface area contributed by atoms with Gasteiger partial charge < -0.3 is 14.8 Å². The fourth-order valence-corrected chi connectivity index (χ4v) is 3.38. The lowest BCUT2D eigenvalue weighted by Gasteiger charge is -2.36. The lowest BCUT2D eigenvalue weighted by Crippen LogP contribution is -2.50. The summed E-state index contributed by atoms with van der Waals surface area (Å²) in [5.74, 6) is 0.809. The zero-order valence-electron chi connectivity index (χ0n) is 14.4. The van der Waals surface area contributed by atoms with Crippen molar-refractivity contribution in [3.8, 4) is 0 Å². The van der Waals surface area contributed by atoms with Crippen LogP contribution in [-0.2, 0) is 6.54 Å². The highest BCUT2D eigenvalue weighted by atomic mass is 32.1. The Balaban J connectivity index is 1.45. The van der Waals surface area contributed by atoms with E-state index in [1.54, 1.807) is 6.20 Å². The van der Waals surface area contributed by atoms with E-state index in [1.165, 1.54) is 11.4 Å². The Morgan fingerprint density at radius 2 is 1.75 bits per heavy atom. The minimum Gasteiger partial charge on any atom is -0.348 e. The molecule has 3 heterocycles. The summed E-state index contributed by atoms with van der Waals surface area (Å²) in [4.78, 5) is 9.01. The third kappa shape index (κ3) is 4.13. The number of piperazine rings is 1. The van der Waals surface area contributed by atoms with E-state index in [0.717, 1.165) is 50.2 Å². The van der Waals surface area contributed by atoms with Crippen LogP contribution in [0.25, 0.3) is 0 Å². The van der Waals surface area contributed by atoms with Crippen LogP contribution in [0.5, 0.6) is 0 Å². The zero-order chi connectivity index (χ0) is 16.9. The molecule has 1 saturated heterocycles. The fraction of sp³-hybridized carbons (Fsp3) is 0.444. The predicted octanol–water partition coefficient (Wildman–Crippen LogP) is 2.51. The maximum absolute atomic E-state index is 5.51. The Labute approximate surface area is 149 Å². The van der Waals surface area contributed by atoms with Gasteiger partial charge in [-0.15, -0.1) is 0 Å². The zero-order valence-corrected chi connectivity index (χ0v) is 15.2. The first-order chi connectivity index (χ1) is 11.6. The molecule has 1 aliphatic rings. The lowest BCUT2D eigenvalue weighted by atomic mass is 10.3. The van der Waals surface area contributed by atoms with Crippen LogP contribution in [0.1, 0.15) is 11.4 Å². The third-order valence-corrected chi connectivity index (χ3v) is 4.98. The minimum atomic E-state index is 0.769. The topological polar surface area (TPSA) is 36.3 Å². The van der Waals surface area contributed by atoms with Gasteiger partial charge >= 0.3 is 0 Å². The van der Waals surface area contributed by atoms with Crippen molar-refractivity contribution in [3.05, 3.63) is 47.9 Å². The van der Waals surface area contributed by atoms with Crippen molar-refractivity contribution in [3.63, 3.8) is 0 Å². The molecular weight excluding hydrogens is 318 g/mol. The predicted molar refractivity (Wildman–Crippen MR) is 102 cm³/mol. The first kappa shape index (κ1) is 16.9. The molecule has 0 saturated carbocycles. The number of hydrogen-bond donors (Lipinski definition) is 1. The second-order valence-corrected chi connectivity index (χ2v) is 6.63. The second kappa shape index (κ2) is 7.77. The number of nitrogens with one attached hydrogen (secondary N) is 1. The molecule has 5 nitrogen and oxygen atoms in total. The number of aromatic nitrogens is 2. The molecular formula is C18H25N5S. The van der Waals surface area contributed by atoms with Gasteiger partial charge in [0.1, 0.15) is 5.82 Å². The lowest BCUT2D eigenvalue weighted by molar-refractivity contribution is 0.178. The molecule has 2 aromatic rings. The Bertz CT molecular complexity index is 654. The van der Waals surface area contributed by atoms with E-state index in [9.17, 15) is 0 Å². The van der Waals surface area contributed by atoms with Gasteiger partial charge in [-0.1, -0.05) is 6.07 Å². The first-order valence-electron chi connectivity index (χ1n) is 8.45.